The van der Waals surface area contributed by atoms with Crippen LogP contribution in [-0.2, 0) is 0 Å². The van der Waals surface area contributed by atoms with E-state index in [0.717, 1.165) is 17.2 Å². The minimum atomic E-state index is -0.584. The van der Waals surface area contributed by atoms with E-state index in [2.05, 4.69) is 15.9 Å². The second-order valence-corrected chi connectivity index (χ2v) is 5.31. The summed E-state index contributed by atoms with van der Waals surface area (Å²) in [5, 5.41) is 0.625. The van der Waals surface area contributed by atoms with Crippen LogP contribution in [0.25, 0.3) is 0 Å². The van der Waals surface area contributed by atoms with Crippen LogP contribution in [0, 0.1) is 18.6 Å². The number of halogens is 4. The van der Waals surface area contributed by atoms with E-state index in [4.69, 9.17) is 11.6 Å². The lowest BCUT2D eigenvalue weighted by atomic mass is 10.00. The molecule has 18 heavy (non-hydrogen) atoms. The van der Waals surface area contributed by atoms with Crippen LogP contribution < -0.4 is 0 Å². The van der Waals surface area contributed by atoms with Gasteiger partial charge in [0.15, 0.2) is 0 Å². The Morgan fingerprint density at radius 3 is 2.50 bits per heavy atom. The smallest absolute Gasteiger partial charge is 0.130 e. The van der Waals surface area contributed by atoms with Gasteiger partial charge in [-0.2, -0.15) is 0 Å². The summed E-state index contributed by atoms with van der Waals surface area (Å²) >= 11 is 9.47. The summed E-state index contributed by atoms with van der Waals surface area (Å²) in [7, 11) is 0. The third-order valence-corrected chi connectivity index (χ3v) is 4.21. The molecular weight excluding hydrogens is 322 g/mol. The molecule has 2 aromatic rings. The molecule has 94 valence electrons. The van der Waals surface area contributed by atoms with Crippen LogP contribution in [0.4, 0.5) is 8.78 Å². The molecule has 0 saturated carbocycles. The van der Waals surface area contributed by atoms with Crippen LogP contribution in [0.5, 0.6) is 0 Å². The van der Waals surface area contributed by atoms with Gasteiger partial charge in [0.25, 0.3) is 0 Å². The zero-order chi connectivity index (χ0) is 13.3. The van der Waals surface area contributed by atoms with Crippen LogP contribution in [0.3, 0.4) is 0 Å². The molecule has 0 N–H and O–H groups in total. The van der Waals surface area contributed by atoms with Crippen molar-refractivity contribution in [1.29, 1.82) is 0 Å². The Labute approximate surface area is 118 Å². The average molecular weight is 332 g/mol. The van der Waals surface area contributed by atoms with E-state index in [1.54, 1.807) is 12.1 Å². The van der Waals surface area contributed by atoms with Crippen molar-refractivity contribution < 1.29 is 8.78 Å². The molecule has 0 nitrogen and oxygen atoms in total. The standard InChI is InChI=1S/C14H10BrClF2/c1-8-10(3-2-4-12(8)16)14(15)11-6-5-9(17)7-13(11)18/h2-7,14H,1H3. The molecule has 1 atom stereocenters. The number of alkyl halides is 1. The molecule has 0 fully saturated rings. The average Bonchev–Trinajstić information content (AvgIpc) is 2.32. The highest BCUT2D eigenvalue weighted by molar-refractivity contribution is 9.09. The van der Waals surface area contributed by atoms with E-state index in [1.807, 2.05) is 13.0 Å². The molecule has 4 heteroatoms. The lowest BCUT2D eigenvalue weighted by molar-refractivity contribution is 0.574. The van der Waals surface area contributed by atoms with Crippen LogP contribution in [0.15, 0.2) is 36.4 Å². The van der Waals surface area contributed by atoms with Gasteiger partial charge in [-0.25, -0.2) is 8.78 Å². The minimum Gasteiger partial charge on any atom is -0.207 e. The summed E-state index contributed by atoms with van der Waals surface area (Å²) < 4.78 is 26.6. The lowest BCUT2D eigenvalue weighted by Gasteiger charge is -2.15. The number of benzene rings is 2. The van der Waals surface area contributed by atoms with Crippen molar-refractivity contribution in [3.05, 3.63) is 69.7 Å². The molecule has 0 spiro atoms. The van der Waals surface area contributed by atoms with Gasteiger partial charge in [0.2, 0.25) is 0 Å². The zero-order valence-corrected chi connectivity index (χ0v) is 11.9. The summed E-state index contributed by atoms with van der Waals surface area (Å²) in [6.45, 7) is 1.87. The monoisotopic (exact) mass is 330 g/mol. The normalized spacial score (nSPS) is 12.5. The molecule has 0 bridgehead atoms. The third-order valence-electron chi connectivity index (χ3n) is 2.82. The number of hydrogen-bond acceptors (Lipinski definition) is 0. The minimum absolute atomic E-state index is 0.350. The van der Waals surface area contributed by atoms with Gasteiger partial charge < -0.3 is 0 Å². The largest absolute Gasteiger partial charge is 0.207 e. The van der Waals surface area contributed by atoms with E-state index in [1.165, 1.54) is 12.1 Å². The second kappa shape index (κ2) is 5.37. The Morgan fingerprint density at radius 1 is 1.11 bits per heavy atom. The molecule has 0 aliphatic heterocycles. The van der Waals surface area contributed by atoms with E-state index >= 15 is 0 Å². The maximum Gasteiger partial charge on any atom is 0.130 e. The predicted octanol–water partition coefficient (Wildman–Crippen LogP) is 5.41. The fourth-order valence-electron chi connectivity index (χ4n) is 1.77. The van der Waals surface area contributed by atoms with Crippen LogP contribution in [-0.4, -0.2) is 0 Å². The molecule has 2 rings (SSSR count). The molecule has 2 aromatic carbocycles. The summed E-state index contributed by atoms with van der Waals surface area (Å²) in [4.78, 5) is -0.350. The first-order chi connectivity index (χ1) is 8.50. The second-order valence-electron chi connectivity index (χ2n) is 3.98. The van der Waals surface area contributed by atoms with Crippen molar-refractivity contribution in [3.8, 4) is 0 Å². The van der Waals surface area contributed by atoms with Gasteiger partial charge in [-0.05, 0) is 30.2 Å². The summed E-state index contributed by atoms with van der Waals surface area (Å²) in [6.07, 6.45) is 0. The number of hydrogen-bond donors (Lipinski definition) is 0. The molecular formula is C14H10BrClF2. The molecule has 0 saturated heterocycles. The van der Waals surface area contributed by atoms with Gasteiger partial charge >= 0.3 is 0 Å². The van der Waals surface area contributed by atoms with Crippen LogP contribution in [0.1, 0.15) is 21.5 Å². The fraction of sp³-hybridized carbons (Fsp3) is 0.143. The molecule has 0 radical (unpaired) electrons. The van der Waals surface area contributed by atoms with Crippen molar-refractivity contribution in [3.63, 3.8) is 0 Å². The first-order valence-electron chi connectivity index (χ1n) is 5.34. The van der Waals surface area contributed by atoms with Gasteiger partial charge in [0.05, 0.1) is 4.83 Å². The van der Waals surface area contributed by atoms with Gasteiger partial charge in [0.1, 0.15) is 11.6 Å². The predicted molar refractivity (Wildman–Crippen MR) is 73.3 cm³/mol. The molecule has 0 heterocycles. The van der Waals surface area contributed by atoms with E-state index in [9.17, 15) is 8.78 Å². The Kier molecular flexibility index (Phi) is 4.03. The van der Waals surface area contributed by atoms with Gasteiger partial charge in [-0.3, -0.25) is 0 Å². The van der Waals surface area contributed by atoms with Crippen molar-refractivity contribution >= 4 is 27.5 Å². The fourth-order valence-corrected chi connectivity index (χ4v) is 2.82. The van der Waals surface area contributed by atoms with Crippen molar-refractivity contribution in [2.45, 2.75) is 11.8 Å². The van der Waals surface area contributed by atoms with Crippen LogP contribution in [0.2, 0.25) is 5.02 Å². The van der Waals surface area contributed by atoms with E-state index in [0.29, 0.717) is 10.6 Å². The molecule has 0 aliphatic rings. The van der Waals surface area contributed by atoms with E-state index in [-0.39, 0.29) is 4.83 Å². The molecule has 0 aliphatic carbocycles. The van der Waals surface area contributed by atoms with Crippen molar-refractivity contribution in [2.75, 3.05) is 0 Å². The maximum atomic E-state index is 13.7. The molecule has 0 amide bonds. The Hall–Kier alpha value is -0.930. The third kappa shape index (κ3) is 2.57. The summed E-state index contributed by atoms with van der Waals surface area (Å²) in [5.74, 6) is -1.16. The Balaban J connectivity index is 2.48. The van der Waals surface area contributed by atoms with Crippen LogP contribution >= 0.6 is 27.5 Å². The highest BCUT2D eigenvalue weighted by Crippen LogP contribution is 2.36. The summed E-state index contributed by atoms with van der Waals surface area (Å²) in [5.41, 5.74) is 2.14. The molecule has 1 unspecified atom stereocenters. The van der Waals surface area contributed by atoms with E-state index < -0.39 is 11.6 Å². The van der Waals surface area contributed by atoms with Gasteiger partial charge in [-0.1, -0.05) is 45.7 Å². The quantitative estimate of drug-likeness (QED) is 0.645. The molecule has 0 aromatic heterocycles. The van der Waals surface area contributed by atoms with Gasteiger partial charge in [0, 0.05) is 16.7 Å². The first kappa shape index (κ1) is 13.5. The Bertz CT molecular complexity index is 584. The Morgan fingerprint density at radius 2 is 1.83 bits per heavy atom. The van der Waals surface area contributed by atoms with Crippen molar-refractivity contribution in [2.24, 2.45) is 0 Å². The topological polar surface area (TPSA) is 0 Å². The highest BCUT2D eigenvalue weighted by Gasteiger charge is 2.17. The maximum absolute atomic E-state index is 13.7. The highest BCUT2D eigenvalue weighted by atomic mass is 79.9. The number of rotatable bonds is 2. The summed E-state index contributed by atoms with van der Waals surface area (Å²) in [6, 6.07) is 9.01. The lowest BCUT2D eigenvalue weighted by Crippen LogP contribution is -1.99. The first-order valence-corrected chi connectivity index (χ1v) is 6.64. The zero-order valence-electron chi connectivity index (χ0n) is 9.55. The van der Waals surface area contributed by atoms with Crippen molar-refractivity contribution in [1.82, 2.24) is 0 Å². The SMILES string of the molecule is Cc1c(Cl)cccc1C(Br)c1ccc(F)cc1F. The van der Waals surface area contributed by atoms with Gasteiger partial charge in [-0.15, -0.1) is 0 Å².